The molecule has 11 aromatic rings. The van der Waals surface area contributed by atoms with Gasteiger partial charge in [0.25, 0.3) is 0 Å². The molecule has 340 valence electrons. The molecule has 11 aromatic carbocycles. The van der Waals surface area contributed by atoms with Crippen LogP contribution >= 0.6 is 0 Å². The van der Waals surface area contributed by atoms with E-state index in [0.717, 1.165) is 0 Å². The molecule has 1 nitrogen and oxygen atoms in total. The molecule has 1 spiro atoms. The summed E-state index contributed by atoms with van der Waals surface area (Å²) < 4.78 is 0. The minimum Gasteiger partial charge on any atom is -0.337 e. The van der Waals surface area contributed by atoms with E-state index in [4.69, 9.17) is 0 Å². The molecule has 0 N–H and O–H groups in total. The van der Waals surface area contributed by atoms with E-state index >= 15 is 0 Å². The Kier molecular flexibility index (Phi) is 9.60. The van der Waals surface area contributed by atoms with Crippen LogP contribution in [-0.4, -0.2) is 0 Å². The van der Waals surface area contributed by atoms with E-state index < -0.39 is 5.41 Å². The van der Waals surface area contributed by atoms with Crippen molar-refractivity contribution in [2.45, 2.75) is 31.2 Å². The summed E-state index contributed by atoms with van der Waals surface area (Å²) in [6.45, 7) is 5.42. The minimum absolute atomic E-state index is 0.0883. The van der Waals surface area contributed by atoms with Gasteiger partial charge in [-0.05, 0) is 165 Å². The van der Waals surface area contributed by atoms with Crippen LogP contribution in [0.15, 0.2) is 261 Å². The van der Waals surface area contributed by atoms with Gasteiger partial charge < -0.3 is 4.90 Å². The molecule has 72 heavy (non-hydrogen) atoms. The van der Waals surface area contributed by atoms with Gasteiger partial charge in [0, 0.05) is 23.3 Å². The third kappa shape index (κ3) is 6.40. The van der Waals surface area contributed by atoms with Gasteiger partial charge in [-0.1, -0.05) is 226 Å². The third-order valence-electron chi connectivity index (χ3n) is 16.2. The Hall–Kier alpha value is -8.78. The van der Waals surface area contributed by atoms with Crippen molar-refractivity contribution in [3.8, 4) is 77.9 Å². The van der Waals surface area contributed by atoms with E-state index in [1.807, 2.05) is 0 Å². The van der Waals surface area contributed by atoms with Crippen LogP contribution in [0.3, 0.4) is 0 Å². The maximum atomic E-state index is 2.57. The zero-order valence-corrected chi connectivity index (χ0v) is 40.5. The Balaban J connectivity index is 0.991. The summed E-state index contributed by atoms with van der Waals surface area (Å²) in [6.07, 6.45) is 0. The monoisotopic (exact) mass is 917 g/mol. The number of anilines is 2. The molecular formula is C71H51N. The Morgan fingerprint density at radius 3 is 1.29 bits per heavy atom. The minimum atomic E-state index is -0.558. The summed E-state index contributed by atoms with van der Waals surface area (Å²) in [6, 6.07) is 97.8. The Bertz CT molecular complexity index is 3850. The molecule has 14 rings (SSSR count). The van der Waals surface area contributed by atoms with Crippen LogP contribution in [0.2, 0.25) is 0 Å². The number of rotatable bonds is 8. The maximum Gasteiger partial charge on any atom is 0.0726 e. The van der Waals surface area contributed by atoms with Gasteiger partial charge in [-0.15, -0.1) is 0 Å². The van der Waals surface area contributed by atoms with Crippen molar-refractivity contribution in [2.24, 2.45) is 0 Å². The molecule has 0 amide bonds. The SMILES string of the molecule is CC1(C)c2ccccc2-c2cc(N(Cc3ccccc3-c3ccccc3)c3ccc4c(c3)C3(c5ccccc5-c5ccc(-c6cc(-c7ccccc7)cc(-c7ccccc7)c6)cc53)c3ccccc3-4)ccc21. The van der Waals surface area contributed by atoms with Crippen molar-refractivity contribution < 1.29 is 0 Å². The Labute approximate surface area is 423 Å². The number of nitrogens with zero attached hydrogens (tertiary/aromatic N) is 1. The summed E-state index contributed by atoms with van der Waals surface area (Å²) in [7, 11) is 0. The van der Waals surface area contributed by atoms with Crippen LogP contribution in [0.25, 0.3) is 77.9 Å². The first-order valence-corrected chi connectivity index (χ1v) is 25.4. The largest absolute Gasteiger partial charge is 0.337 e. The topological polar surface area (TPSA) is 3.24 Å². The summed E-state index contributed by atoms with van der Waals surface area (Å²) in [5.74, 6) is 0. The van der Waals surface area contributed by atoms with Crippen molar-refractivity contribution in [2.75, 3.05) is 4.90 Å². The summed E-state index contributed by atoms with van der Waals surface area (Å²) in [4.78, 5) is 2.57. The highest BCUT2D eigenvalue weighted by Gasteiger charge is 2.52. The fraction of sp³-hybridized carbons (Fsp3) is 0.0704. The smallest absolute Gasteiger partial charge is 0.0726 e. The average molecular weight is 918 g/mol. The highest BCUT2D eigenvalue weighted by Crippen LogP contribution is 2.64. The van der Waals surface area contributed by atoms with Gasteiger partial charge in [0.2, 0.25) is 0 Å². The van der Waals surface area contributed by atoms with Gasteiger partial charge in [0.05, 0.1) is 5.41 Å². The highest BCUT2D eigenvalue weighted by atomic mass is 15.1. The quantitative estimate of drug-likeness (QED) is 0.147. The lowest BCUT2D eigenvalue weighted by molar-refractivity contribution is 0.660. The normalized spacial score (nSPS) is 15.0. The molecule has 0 radical (unpaired) electrons. The van der Waals surface area contributed by atoms with Gasteiger partial charge in [-0.2, -0.15) is 0 Å². The molecule has 0 heterocycles. The van der Waals surface area contributed by atoms with Gasteiger partial charge in [0.15, 0.2) is 0 Å². The Morgan fingerprint density at radius 1 is 0.264 bits per heavy atom. The molecule has 1 heteroatoms. The second kappa shape index (κ2) is 16.4. The zero-order chi connectivity index (χ0) is 48.0. The summed E-state index contributed by atoms with van der Waals surface area (Å²) >= 11 is 0. The first-order valence-electron chi connectivity index (χ1n) is 25.4. The third-order valence-corrected chi connectivity index (χ3v) is 16.2. The fourth-order valence-corrected chi connectivity index (χ4v) is 12.8. The number of hydrogen-bond donors (Lipinski definition) is 0. The van der Waals surface area contributed by atoms with Crippen molar-refractivity contribution in [1.82, 2.24) is 0 Å². The predicted molar refractivity (Wildman–Crippen MR) is 301 cm³/mol. The standard InChI is InChI=1S/C71H51N/c1-70(2)64-31-17-14-30-60(64)63-44-55(36-39-65(63)70)72(46-51-26-12-13-27-57(51)49-24-10-5-11-25-49)56-35-38-62-59-29-16-19-33-67(59)71(69(62)45-56)66-32-18-15-28-58(66)61-37-34-50(43-68(61)71)54-41-52(47-20-6-3-7-21-47)40-53(42-54)48-22-8-4-9-23-48/h3-45H,46H2,1-2H3. The molecule has 1 atom stereocenters. The zero-order valence-electron chi connectivity index (χ0n) is 40.5. The molecule has 0 aliphatic heterocycles. The van der Waals surface area contributed by atoms with Crippen LogP contribution in [0.1, 0.15) is 52.8 Å². The molecule has 1 unspecified atom stereocenters. The van der Waals surface area contributed by atoms with E-state index in [-0.39, 0.29) is 5.41 Å². The highest BCUT2D eigenvalue weighted by molar-refractivity contribution is 5.97. The number of benzene rings is 11. The van der Waals surface area contributed by atoms with Crippen LogP contribution in [0, 0.1) is 0 Å². The molecule has 0 bridgehead atoms. The lowest BCUT2D eigenvalue weighted by Gasteiger charge is -2.33. The maximum absolute atomic E-state index is 2.57. The molecule has 0 saturated heterocycles. The number of fused-ring (bicyclic) bond motifs is 13. The second-order valence-corrected chi connectivity index (χ2v) is 20.4. The van der Waals surface area contributed by atoms with E-state index in [9.17, 15) is 0 Å². The van der Waals surface area contributed by atoms with E-state index in [2.05, 4.69) is 280 Å². The van der Waals surface area contributed by atoms with E-state index in [1.165, 1.54) is 128 Å². The first-order chi connectivity index (χ1) is 35.4. The average Bonchev–Trinajstić information content (AvgIpc) is 4.00. The van der Waals surface area contributed by atoms with Crippen LogP contribution < -0.4 is 4.90 Å². The number of hydrogen-bond acceptors (Lipinski definition) is 1. The second-order valence-electron chi connectivity index (χ2n) is 20.4. The lowest BCUT2D eigenvalue weighted by Crippen LogP contribution is -2.26. The van der Waals surface area contributed by atoms with Gasteiger partial charge in [-0.25, -0.2) is 0 Å². The van der Waals surface area contributed by atoms with Gasteiger partial charge in [-0.3, -0.25) is 0 Å². The van der Waals surface area contributed by atoms with Crippen molar-refractivity contribution in [3.05, 3.63) is 300 Å². The predicted octanol–water partition coefficient (Wildman–Crippen LogP) is 18.3. The molecule has 0 fully saturated rings. The van der Waals surface area contributed by atoms with Crippen LogP contribution in [0.5, 0.6) is 0 Å². The molecule has 0 saturated carbocycles. The van der Waals surface area contributed by atoms with Crippen molar-refractivity contribution in [1.29, 1.82) is 0 Å². The Morgan fingerprint density at radius 2 is 0.681 bits per heavy atom. The lowest BCUT2D eigenvalue weighted by atomic mass is 9.70. The molecule has 3 aliphatic rings. The molecule has 3 aliphatic carbocycles. The van der Waals surface area contributed by atoms with E-state index in [1.54, 1.807) is 0 Å². The van der Waals surface area contributed by atoms with Crippen molar-refractivity contribution in [3.63, 3.8) is 0 Å². The van der Waals surface area contributed by atoms with Gasteiger partial charge in [0.1, 0.15) is 0 Å². The summed E-state index contributed by atoms with van der Waals surface area (Å²) in [5.41, 5.74) is 28.6. The summed E-state index contributed by atoms with van der Waals surface area (Å²) in [5, 5.41) is 0. The van der Waals surface area contributed by atoms with Crippen LogP contribution in [-0.2, 0) is 17.4 Å². The van der Waals surface area contributed by atoms with E-state index in [0.29, 0.717) is 6.54 Å². The first kappa shape index (κ1) is 42.1. The molecule has 0 aromatic heterocycles. The van der Waals surface area contributed by atoms with Crippen LogP contribution in [0.4, 0.5) is 11.4 Å². The van der Waals surface area contributed by atoms with Crippen molar-refractivity contribution >= 4 is 11.4 Å². The molecular weight excluding hydrogens is 867 g/mol. The van der Waals surface area contributed by atoms with Gasteiger partial charge >= 0.3 is 0 Å². The fourth-order valence-electron chi connectivity index (χ4n) is 12.8.